The summed E-state index contributed by atoms with van der Waals surface area (Å²) in [5.41, 5.74) is 0.780. The molecule has 0 atom stereocenters. The summed E-state index contributed by atoms with van der Waals surface area (Å²) in [5, 5.41) is 12.1. The maximum Gasteiger partial charge on any atom is 0.338 e. The normalized spacial score (nSPS) is 10.2. The van der Waals surface area contributed by atoms with E-state index in [2.05, 4.69) is 21.2 Å². The van der Waals surface area contributed by atoms with Gasteiger partial charge in [-0.3, -0.25) is 0 Å². The summed E-state index contributed by atoms with van der Waals surface area (Å²) in [6, 6.07) is 8.81. The van der Waals surface area contributed by atoms with Gasteiger partial charge < -0.3 is 14.8 Å². The number of benzene rings is 1. The molecule has 2 N–H and O–H groups in total. The van der Waals surface area contributed by atoms with Crippen molar-refractivity contribution in [3.63, 3.8) is 0 Å². The molecule has 0 aliphatic carbocycles. The highest BCUT2D eigenvalue weighted by Crippen LogP contribution is 2.25. The van der Waals surface area contributed by atoms with Crippen molar-refractivity contribution >= 4 is 27.6 Å². The van der Waals surface area contributed by atoms with E-state index in [0.717, 1.165) is 5.76 Å². The Morgan fingerprint density at radius 2 is 2.18 bits per heavy atom. The van der Waals surface area contributed by atoms with Crippen molar-refractivity contribution < 1.29 is 14.3 Å². The van der Waals surface area contributed by atoms with Gasteiger partial charge in [-0.2, -0.15) is 0 Å². The van der Waals surface area contributed by atoms with E-state index in [1.165, 1.54) is 0 Å². The number of hydrogen-bond donors (Lipinski definition) is 2. The van der Waals surface area contributed by atoms with E-state index in [-0.39, 0.29) is 5.56 Å². The molecule has 0 radical (unpaired) electrons. The fourth-order valence-corrected chi connectivity index (χ4v) is 2.02. The van der Waals surface area contributed by atoms with Crippen LogP contribution in [0.4, 0.5) is 5.69 Å². The van der Waals surface area contributed by atoms with Crippen molar-refractivity contribution in [1.29, 1.82) is 0 Å². The monoisotopic (exact) mass is 295 g/mol. The van der Waals surface area contributed by atoms with Gasteiger partial charge in [-0.1, -0.05) is 6.07 Å². The standard InChI is InChI=1S/C12H10BrNO3/c13-9-4-1-5-10(11(9)12(15)16)14-7-8-3-2-6-17-8/h1-6,14H,7H2,(H,15,16). The van der Waals surface area contributed by atoms with Gasteiger partial charge in [0.05, 0.1) is 24.1 Å². The van der Waals surface area contributed by atoms with Crippen molar-refractivity contribution in [2.24, 2.45) is 0 Å². The molecule has 1 aromatic carbocycles. The summed E-state index contributed by atoms with van der Waals surface area (Å²) in [5.74, 6) is -0.222. The van der Waals surface area contributed by atoms with Crippen LogP contribution in [0.25, 0.3) is 0 Å². The Kier molecular flexibility index (Phi) is 3.49. The van der Waals surface area contributed by atoms with Gasteiger partial charge in [-0.25, -0.2) is 4.79 Å². The van der Waals surface area contributed by atoms with Crippen molar-refractivity contribution in [3.05, 3.63) is 52.4 Å². The molecule has 0 bridgehead atoms. The van der Waals surface area contributed by atoms with E-state index in [9.17, 15) is 4.79 Å². The Bertz CT molecular complexity index is 523. The minimum atomic E-state index is -0.973. The van der Waals surface area contributed by atoms with Gasteiger partial charge in [0.1, 0.15) is 5.76 Å². The van der Waals surface area contributed by atoms with E-state index in [1.807, 2.05) is 6.07 Å². The molecule has 2 aromatic rings. The zero-order chi connectivity index (χ0) is 12.3. The summed E-state index contributed by atoms with van der Waals surface area (Å²) in [6.45, 7) is 0.448. The van der Waals surface area contributed by atoms with Gasteiger partial charge in [-0.05, 0) is 40.2 Å². The minimum Gasteiger partial charge on any atom is -0.478 e. The smallest absolute Gasteiger partial charge is 0.338 e. The van der Waals surface area contributed by atoms with Crippen LogP contribution in [0.5, 0.6) is 0 Å². The minimum absolute atomic E-state index is 0.221. The number of aromatic carboxylic acids is 1. The Labute approximate surface area is 106 Å². The number of carboxylic acid groups (broad SMARTS) is 1. The maximum absolute atomic E-state index is 11.1. The fourth-order valence-electron chi connectivity index (χ4n) is 1.48. The molecule has 0 unspecified atom stereocenters. The number of hydrogen-bond acceptors (Lipinski definition) is 3. The molecule has 0 aliphatic rings. The first-order chi connectivity index (χ1) is 8.18. The summed E-state index contributed by atoms with van der Waals surface area (Å²) >= 11 is 3.22. The second kappa shape index (κ2) is 5.05. The van der Waals surface area contributed by atoms with E-state index in [0.29, 0.717) is 16.7 Å². The summed E-state index contributed by atoms with van der Waals surface area (Å²) < 4.78 is 5.71. The lowest BCUT2D eigenvalue weighted by Crippen LogP contribution is -2.06. The lowest BCUT2D eigenvalue weighted by atomic mass is 10.2. The van der Waals surface area contributed by atoms with E-state index >= 15 is 0 Å². The molecule has 0 fully saturated rings. The number of anilines is 1. The Hall–Kier alpha value is -1.75. The van der Waals surface area contributed by atoms with Crippen molar-refractivity contribution in [2.75, 3.05) is 5.32 Å². The maximum atomic E-state index is 11.1. The molecule has 0 aliphatic heterocycles. The third kappa shape index (κ3) is 2.68. The molecule has 0 amide bonds. The van der Waals surface area contributed by atoms with Crippen LogP contribution in [0.1, 0.15) is 16.1 Å². The van der Waals surface area contributed by atoms with Crippen molar-refractivity contribution in [2.45, 2.75) is 6.54 Å². The molecule has 1 heterocycles. The molecule has 5 heteroatoms. The van der Waals surface area contributed by atoms with E-state index < -0.39 is 5.97 Å². The lowest BCUT2D eigenvalue weighted by Gasteiger charge is -2.09. The molecular weight excluding hydrogens is 286 g/mol. The van der Waals surface area contributed by atoms with E-state index in [4.69, 9.17) is 9.52 Å². The van der Waals surface area contributed by atoms with Gasteiger partial charge in [-0.15, -0.1) is 0 Å². The highest BCUT2D eigenvalue weighted by atomic mass is 79.9. The number of furan rings is 1. The van der Waals surface area contributed by atoms with E-state index in [1.54, 1.807) is 30.5 Å². The summed E-state index contributed by atoms with van der Waals surface area (Å²) in [6.07, 6.45) is 1.58. The number of nitrogens with one attached hydrogen (secondary N) is 1. The second-order valence-electron chi connectivity index (χ2n) is 3.40. The topological polar surface area (TPSA) is 62.5 Å². The van der Waals surface area contributed by atoms with Gasteiger partial charge in [0.2, 0.25) is 0 Å². The first-order valence-electron chi connectivity index (χ1n) is 4.96. The highest BCUT2D eigenvalue weighted by Gasteiger charge is 2.13. The van der Waals surface area contributed by atoms with Crippen molar-refractivity contribution in [3.8, 4) is 0 Å². The lowest BCUT2D eigenvalue weighted by molar-refractivity contribution is 0.0697. The quantitative estimate of drug-likeness (QED) is 0.908. The average molecular weight is 296 g/mol. The van der Waals surface area contributed by atoms with Gasteiger partial charge in [0.25, 0.3) is 0 Å². The Balaban J connectivity index is 2.21. The number of carboxylic acids is 1. The van der Waals surface area contributed by atoms with Gasteiger partial charge in [0.15, 0.2) is 0 Å². The Morgan fingerprint density at radius 3 is 2.82 bits per heavy atom. The average Bonchev–Trinajstić information content (AvgIpc) is 2.78. The Morgan fingerprint density at radius 1 is 1.35 bits per heavy atom. The summed E-state index contributed by atoms with van der Waals surface area (Å²) in [4.78, 5) is 11.1. The van der Waals surface area contributed by atoms with Crippen LogP contribution in [-0.4, -0.2) is 11.1 Å². The second-order valence-corrected chi connectivity index (χ2v) is 4.25. The molecule has 0 spiro atoms. The SMILES string of the molecule is O=C(O)c1c(Br)cccc1NCc1ccco1. The summed E-state index contributed by atoms with van der Waals surface area (Å²) in [7, 11) is 0. The van der Waals surface area contributed by atoms with Crippen LogP contribution in [-0.2, 0) is 6.54 Å². The molecule has 1 aromatic heterocycles. The fraction of sp³-hybridized carbons (Fsp3) is 0.0833. The van der Waals surface area contributed by atoms with Crippen LogP contribution in [0.15, 0.2) is 45.5 Å². The molecule has 88 valence electrons. The van der Waals surface area contributed by atoms with Crippen LogP contribution >= 0.6 is 15.9 Å². The number of halogens is 1. The third-order valence-electron chi connectivity index (χ3n) is 2.26. The third-order valence-corrected chi connectivity index (χ3v) is 2.92. The van der Waals surface area contributed by atoms with Crippen LogP contribution in [0.2, 0.25) is 0 Å². The molecule has 2 rings (SSSR count). The number of rotatable bonds is 4. The number of carbonyl (C=O) groups is 1. The van der Waals surface area contributed by atoms with Crippen molar-refractivity contribution in [1.82, 2.24) is 0 Å². The zero-order valence-corrected chi connectivity index (χ0v) is 10.4. The first-order valence-corrected chi connectivity index (χ1v) is 5.76. The van der Waals surface area contributed by atoms with Crippen LogP contribution in [0.3, 0.4) is 0 Å². The van der Waals surface area contributed by atoms with Crippen LogP contribution in [0, 0.1) is 0 Å². The zero-order valence-electron chi connectivity index (χ0n) is 8.81. The molecule has 0 saturated heterocycles. The largest absolute Gasteiger partial charge is 0.478 e. The molecule has 0 saturated carbocycles. The molecule has 17 heavy (non-hydrogen) atoms. The first kappa shape index (κ1) is 11.7. The highest BCUT2D eigenvalue weighted by molar-refractivity contribution is 9.10. The van der Waals surface area contributed by atoms with Gasteiger partial charge in [0, 0.05) is 4.47 Å². The van der Waals surface area contributed by atoms with Gasteiger partial charge >= 0.3 is 5.97 Å². The molecular formula is C12H10BrNO3. The van der Waals surface area contributed by atoms with Crippen LogP contribution < -0.4 is 5.32 Å². The molecule has 4 nitrogen and oxygen atoms in total. The predicted molar refractivity (Wildman–Crippen MR) is 67.1 cm³/mol. The predicted octanol–water partition coefficient (Wildman–Crippen LogP) is 3.35.